The first-order valence-corrected chi connectivity index (χ1v) is 8.12. The number of likely N-dealkylation sites (tertiary alicyclic amines) is 2. The van der Waals surface area contributed by atoms with Crippen molar-refractivity contribution < 1.29 is 9.90 Å². The third kappa shape index (κ3) is 3.34. The van der Waals surface area contributed by atoms with Crippen molar-refractivity contribution in [3.8, 4) is 0 Å². The topological polar surface area (TPSA) is 43.8 Å². The van der Waals surface area contributed by atoms with Gasteiger partial charge in [0.25, 0.3) is 0 Å². The van der Waals surface area contributed by atoms with E-state index in [4.69, 9.17) is 0 Å². The standard InChI is InChI=1S/C16H30N2O2/c1-4-8-16(2,15(19)20)12-18-10-7-14-13(11-18)6-5-9-17(14)3/h13-14H,4-12H2,1-3H3,(H,19,20). The smallest absolute Gasteiger partial charge is 0.310 e. The summed E-state index contributed by atoms with van der Waals surface area (Å²) >= 11 is 0. The van der Waals surface area contributed by atoms with Crippen LogP contribution in [-0.2, 0) is 4.79 Å². The van der Waals surface area contributed by atoms with Crippen molar-refractivity contribution >= 4 is 5.97 Å². The molecule has 0 aromatic heterocycles. The van der Waals surface area contributed by atoms with Crippen LogP contribution in [0.25, 0.3) is 0 Å². The Kier molecular flexibility index (Phi) is 5.08. The number of carboxylic acids is 1. The molecule has 1 N–H and O–H groups in total. The molecule has 4 heteroatoms. The molecule has 0 saturated carbocycles. The summed E-state index contributed by atoms with van der Waals surface area (Å²) in [6.07, 6.45) is 5.50. The molecule has 2 heterocycles. The lowest BCUT2D eigenvalue weighted by molar-refractivity contribution is -0.150. The fraction of sp³-hybridized carbons (Fsp3) is 0.938. The van der Waals surface area contributed by atoms with Crippen LogP contribution in [0.1, 0.15) is 46.0 Å². The van der Waals surface area contributed by atoms with Gasteiger partial charge in [-0.1, -0.05) is 13.3 Å². The molecule has 0 bridgehead atoms. The number of piperidine rings is 2. The van der Waals surface area contributed by atoms with Crippen LogP contribution in [0.4, 0.5) is 0 Å². The summed E-state index contributed by atoms with van der Waals surface area (Å²) in [4.78, 5) is 16.5. The number of carbonyl (C=O) groups is 1. The van der Waals surface area contributed by atoms with Crippen molar-refractivity contribution in [1.29, 1.82) is 0 Å². The van der Waals surface area contributed by atoms with E-state index in [1.165, 1.54) is 25.8 Å². The van der Waals surface area contributed by atoms with Gasteiger partial charge in [0, 0.05) is 19.1 Å². The Hall–Kier alpha value is -0.610. The summed E-state index contributed by atoms with van der Waals surface area (Å²) in [6.45, 7) is 8.06. The van der Waals surface area contributed by atoms with Gasteiger partial charge in [0.2, 0.25) is 0 Å². The van der Waals surface area contributed by atoms with Crippen molar-refractivity contribution in [2.75, 3.05) is 33.2 Å². The van der Waals surface area contributed by atoms with E-state index >= 15 is 0 Å². The summed E-state index contributed by atoms with van der Waals surface area (Å²) in [5, 5.41) is 9.53. The second kappa shape index (κ2) is 6.44. The van der Waals surface area contributed by atoms with Crippen LogP contribution in [0.3, 0.4) is 0 Å². The first-order chi connectivity index (χ1) is 9.46. The molecule has 0 radical (unpaired) electrons. The average molecular weight is 282 g/mol. The lowest BCUT2D eigenvalue weighted by Crippen LogP contribution is -2.54. The van der Waals surface area contributed by atoms with E-state index in [-0.39, 0.29) is 0 Å². The van der Waals surface area contributed by atoms with Crippen molar-refractivity contribution in [2.24, 2.45) is 11.3 Å². The highest BCUT2D eigenvalue weighted by Crippen LogP contribution is 2.32. The molecule has 0 aliphatic carbocycles. The van der Waals surface area contributed by atoms with Crippen LogP contribution in [0.5, 0.6) is 0 Å². The number of hydrogen-bond acceptors (Lipinski definition) is 3. The van der Waals surface area contributed by atoms with E-state index in [2.05, 4.69) is 23.8 Å². The Morgan fingerprint density at radius 1 is 1.35 bits per heavy atom. The van der Waals surface area contributed by atoms with Crippen LogP contribution in [0.2, 0.25) is 0 Å². The molecule has 0 amide bonds. The zero-order chi connectivity index (χ0) is 14.8. The highest BCUT2D eigenvalue weighted by molar-refractivity contribution is 5.74. The highest BCUT2D eigenvalue weighted by Gasteiger charge is 2.39. The lowest BCUT2D eigenvalue weighted by Gasteiger charge is -2.47. The van der Waals surface area contributed by atoms with Crippen molar-refractivity contribution in [1.82, 2.24) is 9.80 Å². The number of carboxylic acid groups (broad SMARTS) is 1. The van der Waals surface area contributed by atoms with Crippen LogP contribution in [-0.4, -0.2) is 60.1 Å². The summed E-state index contributed by atoms with van der Waals surface area (Å²) < 4.78 is 0. The molecule has 2 rings (SSSR count). The molecule has 3 atom stereocenters. The molecule has 2 aliphatic rings. The maximum atomic E-state index is 11.6. The number of hydrogen-bond donors (Lipinski definition) is 1. The fourth-order valence-electron chi connectivity index (χ4n) is 4.17. The fourth-order valence-corrected chi connectivity index (χ4v) is 4.17. The molecule has 116 valence electrons. The van der Waals surface area contributed by atoms with Crippen LogP contribution in [0, 0.1) is 11.3 Å². The third-order valence-electron chi connectivity index (χ3n) is 5.32. The normalized spacial score (nSPS) is 31.6. The van der Waals surface area contributed by atoms with E-state index in [1.807, 2.05) is 6.92 Å². The summed E-state index contributed by atoms with van der Waals surface area (Å²) in [5.41, 5.74) is -0.581. The molecule has 2 aliphatic heterocycles. The van der Waals surface area contributed by atoms with Gasteiger partial charge in [-0.2, -0.15) is 0 Å². The van der Waals surface area contributed by atoms with Gasteiger partial charge in [0.1, 0.15) is 0 Å². The molecule has 20 heavy (non-hydrogen) atoms. The van der Waals surface area contributed by atoms with Crippen LogP contribution >= 0.6 is 0 Å². The zero-order valence-corrected chi connectivity index (χ0v) is 13.3. The van der Waals surface area contributed by atoms with Gasteiger partial charge in [-0.15, -0.1) is 0 Å². The quantitative estimate of drug-likeness (QED) is 0.840. The predicted octanol–water partition coefficient (Wildman–Crippen LogP) is 2.29. The molecule has 0 spiro atoms. The van der Waals surface area contributed by atoms with Gasteiger partial charge in [-0.25, -0.2) is 0 Å². The van der Waals surface area contributed by atoms with Gasteiger partial charge in [0.15, 0.2) is 0 Å². The number of fused-ring (bicyclic) bond motifs is 1. The molecule has 4 nitrogen and oxygen atoms in total. The minimum Gasteiger partial charge on any atom is -0.481 e. The van der Waals surface area contributed by atoms with Gasteiger partial charge >= 0.3 is 5.97 Å². The Labute approximate surface area is 123 Å². The molecule has 0 aromatic rings. The number of aliphatic carboxylic acids is 1. The second-order valence-electron chi connectivity index (χ2n) is 7.09. The van der Waals surface area contributed by atoms with E-state index < -0.39 is 11.4 Å². The molecule has 2 fully saturated rings. The van der Waals surface area contributed by atoms with Gasteiger partial charge in [0.05, 0.1) is 5.41 Å². The van der Waals surface area contributed by atoms with Gasteiger partial charge in [-0.05, 0) is 58.7 Å². The molecular formula is C16H30N2O2. The van der Waals surface area contributed by atoms with E-state index in [1.54, 1.807) is 0 Å². The van der Waals surface area contributed by atoms with Gasteiger partial charge < -0.3 is 14.9 Å². The molecular weight excluding hydrogens is 252 g/mol. The predicted molar refractivity (Wildman–Crippen MR) is 80.8 cm³/mol. The monoisotopic (exact) mass is 282 g/mol. The lowest BCUT2D eigenvalue weighted by atomic mass is 9.81. The van der Waals surface area contributed by atoms with Crippen molar-refractivity contribution in [3.05, 3.63) is 0 Å². The summed E-state index contributed by atoms with van der Waals surface area (Å²) in [6, 6.07) is 0.724. The van der Waals surface area contributed by atoms with E-state index in [9.17, 15) is 9.90 Å². The minimum atomic E-state index is -0.637. The van der Waals surface area contributed by atoms with E-state index in [0.29, 0.717) is 6.54 Å². The van der Waals surface area contributed by atoms with Crippen molar-refractivity contribution in [2.45, 2.75) is 52.0 Å². The second-order valence-corrected chi connectivity index (χ2v) is 7.09. The number of nitrogens with zero attached hydrogens (tertiary/aromatic N) is 2. The third-order valence-corrected chi connectivity index (χ3v) is 5.32. The average Bonchev–Trinajstić information content (AvgIpc) is 2.39. The Morgan fingerprint density at radius 3 is 2.75 bits per heavy atom. The van der Waals surface area contributed by atoms with Crippen LogP contribution < -0.4 is 0 Å². The maximum Gasteiger partial charge on any atom is 0.310 e. The summed E-state index contributed by atoms with van der Waals surface area (Å²) in [5.74, 6) is 0.101. The highest BCUT2D eigenvalue weighted by atomic mass is 16.4. The van der Waals surface area contributed by atoms with E-state index in [0.717, 1.165) is 37.9 Å². The minimum absolute atomic E-state index is 0.581. The maximum absolute atomic E-state index is 11.6. The number of rotatable bonds is 5. The Bertz CT molecular complexity index is 347. The molecule has 3 unspecified atom stereocenters. The van der Waals surface area contributed by atoms with Crippen molar-refractivity contribution in [3.63, 3.8) is 0 Å². The largest absolute Gasteiger partial charge is 0.481 e. The summed E-state index contributed by atoms with van der Waals surface area (Å²) in [7, 11) is 2.24. The Morgan fingerprint density at radius 2 is 2.10 bits per heavy atom. The SMILES string of the molecule is CCCC(C)(CN1CCC2C(CCCN2C)C1)C(=O)O. The first-order valence-electron chi connectivity index (χ1n) is 8.12. The first kappa shape index (κ1) is 15.8. The molecule has 2 saturated heterocycles. The van der Waals surface area contributed by atoms with Gasteiger partial charge in [-0.3, -0.25) is 4.79 Å². The molecule has 0 aromatic carbocycles. The zero-order valence-electron chi connectivity index (χ0n) is 13.3. The Balaban J connectivity index is 1.96. The van der Waals surface area contributed by atoms with Crippen LogP contribution in [0.15, 0.2) is 0 Å².